The van der Waals surface area contributed by atoms with Crippen LogP contribution in [0.3, 0.4) is 0 Å². The summed E-state index contributed by atoms with van der Waals surface area (Å²) in [6, 6.07) is 8.45. The van der Waals surface area contributed by atoms with Gasteiger partial charge in [0.1, 0.15) is 0 Å². The van der Waals surface area contributed by atoms with Gasteiger partial charge in [-0.25, -0.2) is 0 Å². The second-order valence-corrected chi connectivity index (χ2v) is 7.90. The fourth-order valence-electron chi connectivity index (χ4n) is 3.02. The van der Waals surface area contributed by atoms with E-state index >= 15 is 0 Å². The molecule has 1 aromatic carbocycles. The lowest BCUT2D eigenvalue weighted by atomic mass is 9.92. The number of likely N-dealkylation sites (tertiary alicyclic amines) is 1. The van der Waals surface area contributed by atoms with Crippen LogP contribution in [0.1, 0.15) is 44.2 Å². The van der Waals surface area contributed by atoms with Crippen molar-refractivity contribution in [1.82, 2.24) is 10.2 Å². The fraction of sp³-hybridized carbons (Fsp3) is 0.600. The third-order valence-electron chi connectivity index (χ3n) is 4.82. The van der Waals surface area contributed by atoms with Gasteiger partial charge in [0, 0.05) is 31.4 Å². The van der Waals surface area contributed by atoms with Crippen molar-refractivity contribution in [2.24, 2.45) is 5.41 Å². The number of alkyl halides is 1. The van der Waals surface area contributed by atoms with Gasteiger partial charge in [-0.15, -0.1) is 11.6 Å². The van der Waals surface area contributed by atoms with E-state index in [-0.39, 0.29) is 17.9 Å². The minimum Gasteiger partial charge on any atom is -0.353 e. The first-order valence-electron chi connectivity index (χ1n) is 9.02. The van der Waals surface area contributed by atoms with Crippen LogP contribution in [0.4, 0.5) is 0 Å². The lowest BCUT2D eigenvalue weighted by molar-refractivity contribution is -0.140. The van der Waals surface area contributed by atoms with Gasteiger partial charge in [0.05, 0.1) is 5.41 Å². The van der Waals surface area contributed by atoms with Crippen LogP contribution in [0.5, 0.6) is 0 Å². The number of benzene rings is 1. The Morgan fingerprint density at radius 2 is 1.80 bits per heavy atom. The molecular formula is C20H29ClN2O2. The molecule has 1 aromatic rings. The van der Waals surface area contributed by atoms with Crippen LogP contribution in [0.25, 0.3) is 0 Å². The quantitative estimate of drug-likeness (QED) is 0.787. The highest BCUT2D eigenvalue weighted by molar-refractivity contribution is 6.19. The molecular weight excluding hydrogens is 336 g/mol. The molecule has 1 N–H and O–H groups in total. The monoisotopic (exact) mass is 364 g/mol. The number of carbonyl (C=O) groups is 2. The van der Waals surface area contributed by atoms with Gasteiger partial charge in [0.2, 0.25) is 11.8 Å². The summed E-state index contributed by atoms with van der Waals surface area (Å²) in [4.78, 5) is 26.5. The predicted molar refractivity (Wildman–Crippen MR) is 102 cm³/mol. The molecule has 0 aromatic heterocycles. The number of aryl methyl sites for hydroxylation is 2. The number of piperidine rings is 1. The van der Waals surface area contributed by atoms with Gasteiger partial charge in [-0.05, 0) is 45.6 Å². The normalized spacial score (nSPS) is 15.9. The maximum atomic E-state index is 12.4. The minimum absolute atomic E-state index is 0.0893. The van der Waals surface area contributed by atoms with Gasteiger partial charge in [-0.1, -0.05) is 29.8 Å². The molecule has 1 aliphatic rings. The van der Waals surface area contributed by atoms with Gasteiger partial charge in [0.15, 0.2) is 0 Å². The van der Waals surface area contributed by atoms with Gasteiger partial charge >= 0.3 is 0 Å². The zero-order chi connectivity index (χ0) is 18.4. The second-order valence-electron chi connectivity index (χ2n) is 7.64. The van der Waals surface area contributed by atoms with E-state index in [1.807, 2.05) is 18.7 Å². The topological polar surface area (TPSA) is 49.4 Å². The van der Waals surface area contributed by atoms with Crippen LogP contribution < -0.4 is 5.32 Å². The summed E-state index contributed by atoms with van der Waals surface area (Å²) in [5, 5.41) is 3.11. The molecule has 138 valence electrons. The van der Waals surface area contributed by atoms with Crippen LogP contribution in [0.15, 0.2) is 24.3 Å². The third kappa shape index (κ3) is 5.74. The van der Waals surface area contributed by atoms with Crippen LogP contribution in [-0.2, 0) is 16.0 Å². The highest BCUT2D eigenvalue weighted by Gasteiger charge is 2.33. The highest BCUT2D eigenvalue weighted by Crippen LogP contribution is 2.23. The van der Waals surface area contributed by atoms with Gasteiger partial charge in [-0.2, -0.15) is 0 Å². The molecule has 2 rings (SSSR count). The lowest BCUT2D eigenvalue weighted by Gasteiger charge is -2.36. The Kier molecular flexibility index (Phi) is 6.88. The Hall–Kier alpha value is -1.55. The van der Waals surface area contributed by atoms with Crippen molar-refractivity contribution >= 4 is 23.4 Å². The number of nitrogens with one attached hydrogen (secondary N) is 1. The third-order valence-corrected chi connectivity index (χ3v) is 5.49. The number of carbonyl (C=O) groups excluding carboxylic acids is 2. The number of amides is 2. The average molecular weight is 365 g/mol. The van der Waals surface area contributed by atoms with Crippen LogP contribution >= 0.6 is 11.6 Å². The fourth-order valence-corrected chi connectivity index (χ4v) is 3.14. The van der Waals surface area contributed by atoms with Gasteiger partial charge < -0.3 is 10.2 Å². The molecule has 4 nitrogen and oxygen atoms in total. The molecule has 0 saturated carbocycles. The second kappa shape index (κ2) is 8.70. The number of hydrogen-bond donors (Lipinski definition) is 1. The molecule has 0 radical (unpaired) electrons. The van der Waals surface area contributed by atoms with E-state index in [1.165, 1.54) is 11.1 Å². The standard InChI is InChI=1S/C20H29ClN2O2/c1-15-4-6-16(7-5-15)8-9-18(24)22-17-10-12-23(13-11-17)19(25)20(2,3)14-21/h4-7,17H,8-14H2,1-3H3,(H,22,24). The Bertz CT molecular complexity index is 590. The van der Waals surface area contributed by atoms with Crippen molar-refractivity contribution in [2.45, 2.75) is 52.5 Å². The summed E-state index contributed by atoms with van der Waals surface area (Å²) >= 11 is 5.89. The molecule has 1 saturated heterocycles. The molecule has 0 spiro atoms. The number of nitrogens with zero attached hydrogens (tertiary/aromatic N) is 1. The van der Waals surface area contributed by atoms with Crippen molar-refractivity contribution < 1.29 is 9.59 Å². The van der Waals surface area contributed by atoms with Crippen molar-refractivity contribution in [1.29, 1.82) is 0 Å². The maximum absolute atomic E-state index is 12.4. The summed E-state index contributed by atoms with van der Waals surface area (Å²) in [6.45, 7) is 7.18. The van der Waals surface area contributed by atoms with Crippen molar-refractivity contribution in [3.05, 3.63) is 35.4 Å². The van der Waals surface area contributed by atoms with E-state index < -0.39 is 5.41 Å². The van der Waals surface area contributed by atoms with E-state index in [9.17, 15) is 9.59 Å². The molecule has 0 aliphatic carbocycles. The van der Waals surface area contributed by atoms with Crippen molar-refractivity contribution in [3.63, 3.8) is 0 Å². The molecule has 2 amide bonds. The first kappa shape index (κ1) is 19.8. The lowest BCUT2D eigenvalue weighted by Crippen LogP contribution is -2.50. The number of halogens is 1. The molecule has 1 fully saturated rings. The Balaban J connectivity index is 1.73. The van der Waals surface area contributed by atoms with E-state index in [0.29, 0.717) is 25.4 Å². The highest BCUT2D eigenvalue weighted by atomic mass is 35.5. The summed E-state index contributed by atoms with van der Waals surface area (Å²) < 4.78 is 0. The predicted octanol–water partition coefficient (Wildman–Crippen LogP) is 3.30. The zero-order valence-corrected chi connectivity index (χ0v) is 16.2. The zero-order valence-electron chi connectivity index (χ0n) is 15.5. The smallest absolute Gasteiger partial charge is 0.229 e. The number of hydrogen-bond acceptors (Lipinski definition) is 2. The van der Waals surface area contributed by atoms with Crippen LogP contribution in [0, 0.1) is 12.3 Å². The minimum atomic E-state index is -0.522. The summed E-state index contributed by atoms with van der Waals surface area (Å²) in [5.41, 5.74) is 1.89. The Morgan fingerprint density at radius 3 is 2.36 bits per heavy atom. The van der Waals surface area contributed by atoms with E-state index in [1.54, 1.807) is 0 Å². The van der Waals surface area contributed by atoms with E-state index in [0.717, 1.165) is 19.3 Å². The maximum Gasteiger partial charge on any atom is 0.229 e. The average Bonchev–Trinajstić information content (AvgIpc) is 2.61. The van der Waals surface area contributed by atoms with Gasteiger partial charge in [-0.3, -0.25) is 9.59 Å². The summed E-state index contributed by atoms with van der Waals surface area (Å²) in [7, 11) is 0. The first-order valence-corrected chi connectivity index (χ1v) is 9.55. The van der Waals surface area contributed by atoms with Crippen molar-refractivity contribution in [3.8, 4) is 0 Å². The first-order chi connectivity index (χ1) is 11.8. The molecule has 0 unspecified atom stereocenters. The molecule has 0 atom stereocenters. The Labute approximate surface area is 155 Å². The Morgan fingerprint density at radius 1 is 1.20 bits per heavy atom. The SMILES string of the molecule is Cc1ccc(CCC(=O)NC2CCN(C(=O)C(C)(C)CCl)CC2)cc1. The van der Waals surface area contributed by atoms with E-state index in [2.05, 4.69) is 36.5 Å². The van der Waals surface area contributed by atoms with E-state index in [4.69, 9.17) is 11.6 Å². The van der Waals surface area contributed by atoms with Crippen molar-refractivity contribution in [2.75, 3.05) is 19.0 Å². The van der Waals surface area contributed by atoms with Gasteiger partial charge in [0.25, 0.3) is 0 Å². The molecule has 25 heavy (non-hydrogen) atoms. The summed E-state index contributed by atoms with van der Waals surface area (Å²) in [5.74, 6) is 0.514. The summed E-state index contributed by atoms with van der Waals surface area (Å²) in [6.07, 6.45) is 2.87. The molecule has 0 bridgehead atoms. The largest absolute Gasteiger partial charge is 0.353 e. The van der Waals surface area contributed by atoms with Crippen LogP contribution in [0.2, 0.25) is 0 Å². The van der Waals surface area contributed by atoms with Crippen LogP contribution in [-0.4, -0.2) is 41.7 Å². The molecule has 1 heterocycles. The molecule has 1 aliphatic heterocycles. The molecule has 5 heteroatoms. The number of rotatable bonds is 6.